The summed E-state index contributed by atoms with van der Waals surface area (Å²) in [7, 11) is -3.16. The van der Waals surface area contributed by atoms with E-state index in [4.69, 9.17) is 4.52 Å². The number of sulfone groups is 1. The van der Waals surface area contributed by atoms with Crippen molar-refractivity contribution in [1.29, 1.82) is 0 Å². The molecule has 2 rings (SSSR count). The van der Waals surface area contributed by atoms with Crippen molar-refractivity contribution in [3.63, 3.8) is 0 Å². The van der Waals surface area contributed by atoms with Gasteiger partial charge in [-0.3, -0.25) is 0 Å². The van der Waals surface area contributed by atoms with Crippen LogP contribution in [0.25, 0.3) is 0 Å². The van der Waals surface area contributed by atoms with Gasteiger partial charge in [-0.2, -0.15) is 4.98 Å². The maximum Gasteiger partial charge on any atom is 0.244 e. The van der Waals surface area contributed by atoms with Gasteiger partial charge in [-0.1, -0.05) is 11.6 Å². The predicted molar refractivity (Wildman–Crippen MR) is 54.4 cm³/mol. The van der Waals surface area contributed by atoms with E-state index in [1.54, 1.807) is 0 Å². The normalized spacial score (nSPS) is 24.1. The third kappa shape index (κ3) is 2.13. The fraction of sp³-hybridized carbons (Fsp3) is 0.667. The third-order valence-corrected chi connectivity index (χ3v) is 4.77. The minimum Gasteiger partial charge on any atom is -0.338 e. The van der Waals surface area contributed by atoms with E-state index >= 15 is 0 Å². The van der Waals surface area contributed by atoms with Gasteiger partial charge < -0.3 is 9.32 Å². The molecule has 1 unspecified atom stereocenters. The van der Waals surface area contributed by atoms with Crippen molar-refractivity contribution in [2.75, 3.05) is 5.75 Å². The Morgan fingerprint density at radius 2 is 2.25 bits per heavy atom. The molecule has 2 heterocycles. The van der Waals surface area contributed by atoms with Crippen molar-refractivity contribution in [2.45, 2.75) is 30.9 Å². The maximum atomic E-state index is 11.8. The van der Waals surface area contributed by atoms with Crippen LogP contribution in [0.1, 0.15) is 36.2 Å². The number of rotatable bonds is 3. The predicted octanol–water partition coefficient (Wildman–Crippen LogP) is 0.451. The van der Waals surface area contributed by atoms with Gasteiger partial charge in [-0.15, -0.1) is 0 Å². The van der Waals surface area contributed by atoms with Crippen LogP contribution in [0.15, 0.2) is 4.52 Å². The first-order valence-corrected chi connectivity index (χ1v) is 6.83. The fourth-order valence-corrected chi connectivity index (χ4v) is 3.61. The molecule has 0 radical (unpaired) electrons. The van der Waals surface area contributed by atoms with E-state index in [0.717, 1.165) is 6.42 Å². The van der Waals surface area contributed by atoms with Gasteiger partial charge in [0.2, 0.25) is 5.89 Å². The van der Waals surface area contributed by atoms with Crippen LogP contribution >= 0.6 is 0 Å². The smallest absolute Gasteiger partial charge is 0.244 e. The van der Waals surface area contributed by atoms with Crippen LogP contribution in [-0.2, 0) is 21.1 Å². The maximum absolute atomic E-state index is 11.8. The number of hydrogen-bond donors (Lipinski definition) is 0. The molecule has 1 aliphatic rings. The molecular formula is C9H12N2O4S. The lowest BCUT2D eigenvalue weighted by atomic mass is 10.2. The summed E-state index contributed by atoms with van der Waals surface area (Å²) in [6.45, 7) is 0. The summed E-state index contributed by atoms with van der Waals surface area (Å²) in [5.41, 5.74) is 0. The van der Waals surface area contributed by atoms with Gasteiger partial charge >= 0.3 is 0 Å². The minimum absolute atomic E-state index is 0.0519. The molecule has 1 saturated heterocycles. The molecule has 1 aromatic rings. The summed E-state index contributed by atoms with van der Waals surface area (Å²) < 4.78 is 28.4. The average Bonchev–Trinajstić information content (AvgIpc) is 2.66. The Balaban J connectivity index is 2.25. The van der Waals surface area contributed by atoms with Crippen LogP contribution in [-0.4, -0.2) is 30.6 Å². The summed E-state index contributed by atoms with van der Waals surface area (Å²) in [6, 6.07) is 0. The Morgan fingerprint density at radius 1 is 1.44 bits per heavy atom. The molecule has 88 valence electrons. The Bertz CT molecular complexity index is 479. The molecule has 1 aliphatic heterocycles. The number of aldehydes is 1. The molecule has 1 fully saturated rings. The molecule has 1 aromatic heterocycles. The highest BCUT2D eigenvalue weighted by Gasteiger charge is 2.34. The van der Waals surface area contributed by atoms with E-state index in [-0.39, 0.29) is 23.9 Å². The summed E-state index contributed by atoms with van der Waals surface area (Å²) in [5.74, 6) is 0.533. The zero-order chi connectivity index (χ0) is 11.6. The van der Waals surface area contributed by atoms with Gasteiger partial charge in [0.05, 0.1) is 12.2 Å². The van der Waals surface area contributed by atoms with Crippen LogP contribution in [0.2, 0.25) is 0 Å². The average molecular weight is 244 g/mol. The standard InChI is InChI=1S/C9H12N2O4S/c12-5-4-8-10-9(15-11-8)7-3-1-2-6-16(7,13)14/h5,7H,1-4,6H2. The highest BCUT2D eigenvalue weighted by atomic mass is 32.2. The SMILES string of the molecule is O=CCc1noc(C2CCCCS2(=O)=O)n1. The third-order valence-electron chi connectivity index (χ3n) is 2.60. The van der Waals surface area contributed by atoms with Gasteiger partial charge in [0.15, 0.2) is 15.7 Å². The van der Waals surface area contributed by atoms with Gasteiger partial charge in [-0.05, 0) is 12.8 Å². The highest BCUT2D eigenvalue weighted by Crippen LogP contribution is 2.32. The molecule has 0 N–H and O–H groups in total. The molecule has 1 atom stereocenters. The van der Waals surface area contributed by atoms with Crippen molar-refractivity contribution in [3.8, 4) is 0 Å². The first-order valence-electron chi connectivity index (χ1n) is 5.11. The molecule has 16 heavy (non-hydrogen) atoms. The number of carbonyl (C=O) groups excluding carboxylic acids is 1. The second-order valence-corrected chi connectivity index (χ2v) is 6.07. The topological polar surface area (TPSA) is 90.1 Å². The Morgan fingerprint density at radius 3 is 2.94 bits per heavy atom. The summed E-state index contributed by atoms with van der Waals surface area (Å²) >= 11 is 0. The Labute approximate surface area is 93.0 Å². The lowest BCUT2D eigenvalue weighted by Gasteiger charge is -2.18. The van der Waals surface area contributed by atoms with E-state index in [9.17, 15) is 13.2 Å². The highest BCUT2D eigenvalue weighted by molar-refractivity contribution is 7.91. The molecule has 0 spiro atoms. The van der Waals surface area contributed by atoms with Crippen molar-refractivity contribution in [1.82, 2.24) is 10.1 Å². The second-order valence-electron chi connectivity index (χ2n) is 3.77. The van der Waals surface area contributed by atoms with Crippen LogP contribution in [0.3, 0.4) is 0 Å². The van der Waals surface area contributed by atoms with Crippen LogP contribution < -0.4 is 0 Å². The first kappa shape index (κ1) is 11.3. The van der Waals surface area contributed by atoms with Crippen molar-refractivity contribution in [3.05, 3.63) is 11.7 Å². The van der Waals surface area contributed by atoms with E-state index in [1.165, 1.54) is 0 Å². The Hall–Kier alpha value is -1.24. The van der Waals surface area contributed by atoms with E-state index in [2.05, 4.69) is 10.1 Å². The van der Waals surface area contributed by atoms with E-state index in [1.807, 2.05) is 0 Å². The first-order chi connectivity index (χ1) is 7.63. The molecule has 7 heteroatoms. The van der Waals surface area contributed by atoms with Crippen LogP contribution in [0.5, 0.6) is 0 Å². The molecule has 6 nitrogen and oxygen atoms in total. The second kappa shape index (κ2) is 4.32. The van der Waals surface area contributed by atoms with Gasteiger partial charge in [0.1, 0.15) is 11.5 Å². The minimum atomic E-state index is -3.16. The lowest BCUT2D eigenvalue weighted by molar-refractivity contribution is -0.107. The molecule has 0 amide bonds. The summed E-state index contributed by atoms with van der Waals surface area (Å²) in [6.07, 6.45) is 2.76. The summed E-state index contributed by atoms with van der Waals surface area (Å²) in [4.78, 5) is 14.2. The molecule has 0 aromatic carbocycles. The number of carbonyl (C=O) groups is 1. The van der Waals surface area contributed by atoms with Gasteiger partial charge in [0, 0.05) is 0 Å². The molecule has 0 bridgehead atoms. The Kier molecular flexibility index (Phi) is 3.04. The van der Waals surface area contributed by atoms with Crippen LogP contribution in [0, 0.1) is 0 Å². The zero-order valence-electron chi connectivity index (χ0n) is 8.63. The largest absolute Gasteiger partial charge is 0.338 e. The molecule has 0 aliphatic carbocycles. The molecule has 0 saturated carbocycles. The van der Waals surface area contributed by atoms with Gasteiger partial charge in [0.25, 0.3) is 0 Å². The number of hydrogen-bond acceptors (Lipinski definition) is 6. The van der Waals surface area contributed by atoms with Gasteiger partial charge in [-0.25, -0.2) is 8.42 Å². The van der Waals surface area contributed by atoms with Crippen LogP contribution in [0.4, 0.5) is 0 Å². The number of aromatic nitrogens is 2. The van der Waals surface area contributed by atoms with Crippen molar-refractivity contribution < 1.29 is 17.7 Å². The van der Waals surface area contributed by atoms with Crippen molar-refractivity contribution in [2.24, 2.45) is 0 Å². The lowest BCUT2D eigenvalue weighted by Crippen LogP contribution is -2.21. The van der Waals surface area contributed by atoms with E-state index < -0.39 is 15.1 Å². The van der Waals surface area contributed by atoms with Crippen molar-refractivity contribution >= 4 is 16.1 Å². The van der Waals surface area contributed by atoms with E-state index in [0.29, 0.717) is 19.1 Å². The quantitative estimate of drug-likeness (QED) is 0.717. The zero-order valence-corrected chi connectivity index (χ0v) is 9.44. The summed E-state index contributed by atoms with van der Waals surface area (Å²) in [5, 5.41) is 2.88. The monoisotopic (exact) mass is 244 g/mol. The number of nitrogens with zero attached hydrogens (tertiary/aromatic N) is 2. The fourth-order valence-electron chi connectivity index (χ4n) is 1.79. The molecular weight excluding hydrogens is 232 g/mol.